The zero-order valence-corrected chi connectivity index (χ0v) is 15.1. The topological polar surface area (TPSA) is 100 Å². The number of aryl methyl sites for hydroxylation is 1. The molecule has 0 radical (unpaired) electrons. The fraction of sp³-hybridized carbons (Fsp3) is 0.200. The average molecular weight is 379 g/mol. The molecule has 0 unspecified atom stereocenters. The van der Waals surface area contributed by atoms with Crippen molar-refractivity contribution in [1.29, 1.82) is 0 Å². The number of hydrogen-bond donors (Lipinski definition) is 0. The Bertz CT molecular complexity index is 1160. The van der Waals surface area contributed by atoms with E-state index in [1.165, 1.54) is 4.57 Å². The van der Waals surface area contributed by atoms with Crippen molar-refractivity contribution < 1.29 is 18.4 Å². The SMILES string of the molecule is C[C@H](OC(=O)CCn1c(=O)oc2ccccc21)c1nnc(-c2ccccc2)o1. The monoisotopic (exact) mass is 379 g/mol. The summed E-state index contributed by atoms with van der Waals surface area (Å²) in [6, 6.07) is 16.4. The Labute approximate surface area is 159 Å². The van der Waals surface area contributed by atoms with Crippen LogP contribution >= 0.6 is 0 Å². The van der Waals surface area contributed by atoms with Crippen molar-refractivity contribution in [2.45, 2.75) is 26.0 Å². The third-order valence-electron chi connectivity index (χ3n) is 4.23. The second-order valence-corrected chi connectivity index (χ2v) is 6.18. The number of rotatable bonds is 6. The normalized spacial score (nSPS) is 12.2. The first-order valence-electron chi connectivity index (χ1n) is 8.78. The van der Waals surface area contributed by atoms with Crippen LogP contribution in [0.25, 0.3) is 22.6 Å². The van der Waals surface area contributed by atoms with Crippen molar-refractivity contribution in [3.05, 3.63) is 71.0 Å². The van der Waals surface area contributed by atoms with Gasteiger partial charge in [0.25, 0.3) is 5.89 Å². The van der Waals surface area contributed by atoms with E-state index in [1.54, 1.807) is 31.2 Å². The minimum absolute atomic E-state index is 0.00739. The molecule has 28 heavy (non-hydrogen) atoms. The first-order valence-corrected chi connectivity index (χ1v) is 8.78. The van der Waals surface area contributed by atoms with Gasteiger partial charge in [0.2, 0.25) is 5.89 Å². The summed E-state index contributed by atoms with van der Waals surface area (Å²) < 4.78 is 17.5. The quantitative estimate of drug-likeness (QED) is 0.474. The fourth-order valence-electron chi connectivity index (χ4n) is 2.83. The van der Waals surface area contributed by atoms with E-state index in [2.05, 4.69) is 10.2 Å². The fourth-order valence-corrected chi connectivity index (χ4v) is 2.83. The third-order valence-corrected chi connectivity index (χ3v) is 4.23. The second kappa shape index (κ2) is 7.51. The Kier molecular flexibility index (Phi) is 4.76. The molecule has 0 amide bonds. The second-order valence-electron chi connectivity index (χ2n) is 6.18. The molecule has 2 heterocycles. The Morgan fingerprint density at radius 2 is 1.82 bits per heavy atom. The Morgan fingerprint density at radius 3 is 2.64 bits per heavy atom. The molecule has 0 fully saturated rings. The minimum atomic E-state index is -0.699. The van der Waals surface area contributed by atoms with Gasteiger partial charge in [0.05, 0.1) is 11.9 Å². The van der Waals surface area contributed by atoms with Gasteiger partial charge in [-0.3, -0.25) is 9.36 Å². The molecule has 0 spiro atoms. The van der Waals surface area contributed by atoms with Crippen molar-refractivity contribution in [2.75, 3.05) is 0 Å². The molecule has 0 aliphatic heterocycles. The lowest BCUT2D eigenvalue weighted by Gasteiger charge is -2.09. The standard InChI is InChI=1S/C20H17N3O5/c1-13(18-21-22-19(28-18)14-7-3-2-4-8-14)26-17(24)11-12-23-15-9-5-6-10-16(15)27-20(23)25/h2-10,13H,11-12H2,1H3/t13-/m0/s1. The van der Waals surface area contributed by atoms with Gasteiger partial charge in [-0.2, -0.15) is 0 Å². The van der Waals surface area contributed by atoms with Crippen molar-refractivity contribution in [1.82, 2.24) is 14.8 Å². The first-order chi connectivity index (χ1) is 13.6. The summed E-state index contributed by atoms with van der Waals surface area (Å²) in [5.74, 6) is -0.427. The van der Waals surface area contributed by atoms with E-state index in [0.717, 1.165) is 5.56 Å². The number of fused-ring (bicyclic) bond motifs is 1. The van der Waals surface area contributed by atoms with Crippen LogP contribution in [0.3, 0.4) is 0 Å². The number of nitrogens with zero attached hydrogens (tertiary/aromatic N) is 3. The van der Waals surface area contributed by atoms with E-state index in [4.69, 9.17) is 13.6 Å². The summed E-state index contributed by atoms with van der Waals surface area (Å²) in [7, 11) is 0. The predicted octanol–water partition coefficient (Wildman–Crippen LogP) is 3.34. The molecule has 8 nitrogen and oxygen atoms in total. The number of benzene rings is 2. The number of aromatic nitrogens is 3. The van der Waals surface area contributed by atoms with Gasteiger partial charge in [-0.05, 0) is 31.2 Å². The molecule has 0 bridgehead atoms. The van der Waals surface area contributed by atoms with Crippen LogP contribution in [-0.4, -0.2) is 20.7 Å². The van der Waals surface area contributed by atoms with Crippen LogP contribution in [0.4, 0.5) is 0 Å². The van der Waals surface area contributed by atoms with Crippen LogP contribution in [-0.2, 0) is 16.1 Å². The number of esters is 1. The molecule has 0 saturated carbocycles. The number of carbonyl (C=O) groups excluding carboxylic acids is 1. The number of oxazole rings is 1. The molecule has 142 valence electrons. The van der Waals surface area contributed by atoms with Crippen molar-refractivity contribution >= 4 is 17.1 Å². The lowest BCUT2D eigenvalue weighted by Crippen LogP contribution is -2.18. The summed E-state index contributed by atoms with van der Waals surface area (Å²) in [4.78, 5) is 24.1. The molecular formula is C20H17N3O5. The maximum Gasteiger partial charge on any atom is 0.419 e. The summed E-state index contributed by atoms with van der Waals surface area (Å²) >= 11 is 0. The zero-order chi connectivity index (χ0) is 19.5. The van der Waals surface area contributed by atoms with Gasteiger partial charge in [0, 0.05) is 12.1 Å². The van der Waals surface area contributed by atoms with Gasteiger partial charge in [0.15, 0.2) is 11.7 Å². The van der Waals surface area contributed by atoms with Gasteiger partial charge in [-0.15, -0.1) is 10.2 Å². The molecule has 0 aliphatic carbocycles. The highest BCUT2D eigenvalue weighted by molar-refractivity contribution is 5.73. The smallest absolute Gasteiger partial charge is 0.419 e. The van der Waals surface area contributed by atoms with Gasteiger partial charge in [-0.25, -0.2) is 4.79 Å². The van der Waals surface area contributed by atoms with Gasteiger partial charge >= 0.3 is 11.7 Å². The summed E-state index contributed by atoms with van der Waals surface area (Å²) in [5.41, 5.74) is 1.90. The molecule has 2 aromatic carbocycles. The molecule has 8 heteroatoms. The highest BCUT2D eigenvalue weighted by Crippen LogP contribution is 2.22. The Morgan fingerprint density at radius 1 is 1.07 bits per heavy atom. The molecule has 4 rings (SSSR count). The number of para-hydroxylation sites is 2. The molecular weight excluding hydrogens is 362 g/mol. The molecule has 2 aromatic heterocycles. The van der Waals surface area contributed by atoms with Crippen LogP contribution in [0, 0.1) is 0 Å². The predicted molar refractivity (Wildman–Crippen MR) is 99.3 cm³/mol. The van der Waals surface area contributed by atoms with Crippen LogP contribution < -0.4 is 5.76 Å². The zero-order valence-electron chi connectivity index (χ0n) is 15.1. The molecule has 0 N–H and O–H groups in total. The number of carbonyl (C=O) groups is 1. The average Bonchev–Trinajstić information content (AvgIpc) is 3.31. The van der Waals surface area contributed by atoms with Crippen molar-refractivity contribution in [2.24, 2.45) is 0 Å². The Balaban J connectivity index is 1.39. The van der Waals surface area contributed by atoms with Crippen molar-refractivity contribution in [3.8, 4) is 11.5 Å². The van der Waals surface area contributed by atoms with E-state index in [-0.39, 0.29) is 18.9 Å². The summed E-state index contributed by atoms with van der Waals surface area (Å²) in [6.45, 7) is 1.81. The van der Waals surface area contributed by atoms with E-state index >= 15 is 0 Å². The van der Waals surface area contributed by atoms with Crippen LogP contribution in [0.15, 0.2) is 68.2 Å². The maximum absolute atomic E-state index is 12.2. The Hall–Kier alpha value is -3.68. The van der Waals surface area contributed by atoms with Crippen LogP contribution in [0.5, 0.6) is 0 Å². The van der Waals surface area contributed by atoms with Crippen LogP contribution in [0.1, 0.15) is 25.3 Å². The van der Waals surface area contributed by atoms with Crippen molar-refractivity contribution in [3.63, 3.8) is 0 Å². The van der Waals surface area contributed by atoms with E-state index in [9.17, 15) is 9.59 Å². The molecule has 4 aromatic rings. The summed E-state index contributed by atoms with van der Waals surface area (Å²) in [6.07, 6.45) is -0.691. The van der Waals surface area contributed by atoms with E-state index in [0.29, 0.717) is 17.0 Å². The summed E-state index contributed by atoms with van der Waals surface area (Å²) in [5, 5.41) is 7.93. The molecule has 0 aliphatic rings. The van der Waals surface area contributed by atoms with Gasteiger partial charge < -0.3 is 13.6 Å². The first kappa shape index (κ1) is 17.7. The highest BCUT2D eigenvalue weighted by Gasteiger charge is 2.19. The highest BCUT2D eigenvalue weighted by atomic mass is 16.6. The van der Waals surface area contributed by atoms with Crippen LogP contribution in [0.2, 0.25) is 0 Å². The lowest BCUT2D eigenvalue weighted by molar-refractivity contribution is -0.149. The largest absolute Gasteiger partial charge is 0.453 e. The lowest BCUT2D eigenvalue weighted by atomic mass is 10.2. The third kappa shape index (κ3) is 3.57. The minimum Gasteiger partial charge on any atom is -0.453 e. The maximum atomic E-state index is 12.2. The molecule has 1 atom stereocenters. The number of ether oxygens (including phenoxy) is 1. The molecule has 0 saturated heterocycles. The van der Waals surface area contributed by atoms with E-state index < -0.39 is 17.8 Å². The van der Waals surface area contributed by atoms with Gasteiger partial charge in [0.1, 0.15) is 0 Å². The number of hydrogen-bond acceptors (Lipinski definition) is 7. The van der Waals surface area contributed by atoms with Gasteiger partial charge in [-0.1, -0.05) is 30.3 Å². The van der Waals surface area contributed by atoms with E-state index in [1.807, 2.05) is 30.3 Å².